The average molecular weight is 370 g/mol. The molecule has 0 unspecified atom stereocenters. The van der Waals surface area contributed by atoms with Gasteiger partial charge in [-0.3, -0.25) is 0 Å². The van der Waals surface area contributed by atoms with Gasteiger partial charge < -0.3 is 4.74 Å². The number of halogens is 2. The molecule has 0 spiro atoms. The maximum atomic E-state index is 5.94. The Labute approximate surface area is 124 Å². The van der Waals surface area contributed by atoms with Gasteiger partial charge >= 0.3 is 0 Å². The van der Waals surface area contributed by atoms with Crippen molar-refractivity contribution in [3.63, 3.8) is 0 Å². The molecule has 2 aromatic carbocycles. The quantitative estimate of drug-likeness (QED) is 0.625. The minimum absolute atomic E-state index is 0.770. The maximum absolute atomic E-state index is 5.94. The summed E-state index contributed by atoms with van der Waals surface area (Å²) in [4.78, 5) is 0. The van der Waals surface area contributed by atoms with Crippen LogP contribution in [0.3, 0.4) is 0 Å². The van der Waals surface area contributed by atoms with Gasteiger partial charge in [-0.15, -0.1) is 0 Å². The first-order chi connectivity index (χ1) is 8.60. The first kappa shape index (κ1) is 13.6. The predicted octanol–water partition coefficient (Wildman–Crippen LogP) is 5.75. The van der Waals surface area contributed by atoms with Crippen molar-refractivity contribution >= 4 is 31.9 Å². The molecule has 0 aromatic heterocycles. The van der Waals surface area contributed by atoms with Gasteiger partial charge in [0.1, 0.15) is 11.5 Å². The summed E-state index contributed by atoms with van der Waals surface area (Å²) in [5, 5.41) is 0.770. The van der Waals surface area contributed by atoms with Crippen LogP contribution >= 0.6 is 31.9 Å². The second-order valence-corrected chi connectivity index (χ2v) is 5.71. The van der Waals surface area contributed by atoms with Gasteiger partial charge in [-0.2, -0.15) is 0 Å². The number of alkyl halides is 1. The van der Waals surface area contributed by atoms with Gasteiger partial charge in [-0.05, 0) is 55.3 Å². The molecule has 0 fully saturated rings. The zero-order valence-electron chi connectivity index (χ0n) is 10.3. The molecule has 2 rings (SSSR count). The molecule has 0 saturated carbocycles. The maximum Gasteiger partial charge on any atom is 0.131 e. The van der Waals surface area contributed by atoms with E-state index in [9.17, 15) is 0 Å². The van der Waals surface area contributed by atoms with E-state index >= 15 is 0 Å². The van der Waals surface area contributed by atoms with E-state index in [0.29, 0.717) is 0 Å². The smallest absolute Gasteiger partial charge is 0.131 e. The van der Waals surface area contributed by atoms with Crippen LogP contribution < -0.4 is 4.74 Å². The number of ether oxygens (including phenoxy) is 1. The summed E-state index contributed by atoms with van der Waals surface area (Å²) in [7, 11) is 0. The van der Waals surface area contributed by atoms with Crippen LogP contribution in [0.5, 0.6) is 11.5 Å². The Morgan fingerprint density at radius 2 is 1.78 bits per heavy atom. The highest BCUT2D eigenvalue weighted by Gasteiger charge is 2.05. The molecule has 3 heteroatoms. The fraction of sp³-hybridized carbons (Fsp3) is 0.200. The summed E-state index contributed by atoms with van der Waals surface area (Å²) in [6, 6.07) is 12.2. The van der Waals surface area contributed by atoms with E-state index in [1.165, 1.54) is 11.1 Å². The van der Waals surface area contributed by atoms with Crippen molar-refractivity contribution in [1.29, 1.82) is 0 Å². The number of benzene rings is 2. The fourth-order valence-corrected chi connectivity index (χ4v) is 2.50. The van der Waals surface area contributed by atoms with Gasteiger partial charge in [0.15, 0.2) is 0 Å². The van der Waals surface area contributed by atoms with Gasteiger partial charge in [0.2, 0.25) is 0 Å². The van der Waals surface area contributed by atoms with Gasteiger partial charge in [0.05, 0.1) is 0 Å². The van der Waals surface area contributed by atoms with E-state index in [1.54, 1.807) is 0 Å². The monoisotopic (exact) mass is 368 g/mol. The van der Waals surface area contributed by atoms with E-state index in [-0.39, 0.29) is 0 Å². The zero-order valence-corrected chi connectivity index (χ0v) is 13.5. The van der Waals surface area contributed by atoms with E-state index in [1.807, 2.05) is 18.2 Å². The molecular formula is C15H14Br2O. The number of hydrogen-bond donors (Lipinski definition) is 0. The molecule has 0 aliphatic rings. The second kappa shape index (κ2) is 5.89. The van der Waals surface area contributed by atoms with Crippen LogP contribution in [0.1, 0.15) is 16.7 Å². The Kier molecular flexibility index (Phi) is 4.46. The molecule has 0 aliphatic carbocycles. The minimum Gasteiger partial charge on any atom is -0.457 e. The topological polar surface area (TPSA) is 9.23 Å². The third kappa shape index (κ3) is 3.15. The van der Waals surface area contributed by atoms with E-state index < -0.39 is 0 Å². The summed E-state index contributed by atoms with van der Waals surface area (Å²) in [5.41, 5.74) is 3.64. The van der Waals surface area contributed by atoms with Gasteiger partial charge in [-0.25, -0.2) is 0 Å². The Hall–Kier alpha value is -0.800. The number of hydrogen-bond acceptors (Lipinski definition) is 1. The average Bonchev–Trinajstić information content (AvgIpc) is 2.36. The summed E-state index contributed by atoms with van der Waals surface area (Å²) < 4.78 is 7.00. The highest BCUT2D eigenvalue weighted by Crippen LogP contribution is 2.30. The van der Waals surface area contributed by atoms with E-state index in [0.717, 1.165) is 26.9 Å². The third-order valence-electron chi connectivity index (χ3n) is 2.87. The van der Waals surface area contributed by atoms with Crippen molar-refractivity contribution in [2.24, 2.45) is 0 Å². The summed E-state index contributed by atoms with van der Waals surface area (Å²) >= 11 is 6.95. The van der Waals surface area contributed by atoms with Crippen LogP contribution in [-0.2, 0) is 5.33 Å². The fourth-order valence-electron chi connectivity index (χ4n) is 1.66. The highest BCUT2D eigenvalue weighted by atomic mass is 79.9. The lowest BCUT2D eigenvalue weighted by molar-refractivity contribution is 0.478. The molecule has 18 heavy (non-hydrogen) atoms. The third-order valence-corrected chi connectivity index (χ3v) is 3.97. The lowest BCUT2D eigenvalue weighted by Crippen LogP contribution is -1.91. The molecule has 2 aromatic rings. The Morgan fingerprint density at radius 3 is 2.44 bits per heavy atom. The molecule has 0 bridgehead atoms. The second-order valence-electron chi connectivity index (χ2n) is 4.23. The van der Waals surface area contributed by atoms with Crippen molar-refractivity contribution in [3.05, 3.63) is 57.6 Å². The number of aryl methyl sites for hydroxylation is 2. The molecule has 1 nitrogen and oxygen atoms in total. The van der Waals surface area contributed by atoms with E-state index in [2.05, 4.69) is 63.9 Å². The van der Waals surface area contributed by atoms with Crippen molar-refractivity contribution in [3.8, 4) is 11.5 Å². The van der Waals surface area contributed by atoms with Crippen molar-refractivity contribution in [2.75, 3.05) is 0 Å². The highest BCUT2D eigenvalue weighted by molar-refractivity contribution is 9.10. The summed E-state index contributed by atoms with van der Waals surface area (Å²) in [5.74, 6) is 1.76. The van der Waals surface area contributed by atoms with Crippen LogP contribution in [0.2, 0.25) is 0 Å². The molecule has 0 saturated heterocycles. The van der Waals surface area contributed by atoms with Crippen LogP contribution in [-0.4, -0.2) is 0 Å². The SMILES string of the molecule is Cc1ccc(Oc2ccc(Br)cc2CBr)cc1C. The van der Waals surface area contributed by atoms with Gasteiger partial charge in [-0.1, -0.05) is 37.9 Å². The first-order valence-electron chi connectivity index (χ1n) is 5.69. The summed E-state index contributed by atoms with van der Waals surface area (Å²) in [6.07, 6.45) is 0. The predicted molar refractivity (Wildman–Crippen MR) is 82.8 cm³/mol. The number of rotatable bonds is 3. The normalized spacial score (nSPS) is 10.4. The van der Waals surface area contributed by atoms with E-state index in [4.69, 9.17) is 4.74 Å². The lowest BCUT2D eigenvalue weighted by Gasteiger charge is -2.11. The minimum atomic E-state index is 0.770. The molecule has 0 radical (unpaired) electrons. The van der Waals surface area contributed by atoms with Crippen LogP contribution in [0.15, 0.2) is 40.9 Å². The standard InChI is InChI=1S/C15H14Br2O/c1-10-3-5-14(7-11(10)2)18-15-6-4-13(17)8-12(15)9-16/h3-8H,9H2,1-2H3. The first-order valence-corrected chi connectivity index (χ1v) is 7.61. The largest absolute Gasteiger partial charge is 0.457 e. The Morgan fingerprint density at radius 1 is 1.00 bits per heavy atom. The summed E-state index contributed by atoms with van der Waals surface area (Å²) in [6.45, 7) is 4.19. The van der Waals surface area contributed by atoms with Gasteiger partial charge in [0, 0.05) is 15.4 Å². The Bertz CT molecular complexity index is 564. The Balaban J connectivity index is 2.30. The molecule has 94 valence electrons. The van der Waals surface area contributed by atoms with Crippen LogP contribution in [0, 0.1) is 13.8 Å². The zero-order chi connectivity index (χ0) is 13.1. The lowest BCUT2D eigenvalue weighted by atomic mass is 10.1. The molecule has 0 aliphatic heterocycles. The van der Waals surface area contributed by atoms with Gasteiger partial charge in [0.25, 0.3) is 0 Å². The van der Waals surface area contributed by atoms with Crippen LogP contribution in [0.25, 0.3) is 0 Å². The molecular weight excluding hydrogens is 356 g/mol. The van der Waals surface area contributed by atoms with Crippen LogP contribution in [0.4, 0.5) is 0 Å². The van der Waals surface area contributed by atoms with Crippen molar-refractivity contribution in [2.45, 2.75) is 19.2 Å². The molecule has 0 atom stereocenters. The van der Waals surface area contributed by atoms with Crippen molar-refractivity contribution in [1.82, 2.24) is 0 Å². The molecule has 0 amide bonds. The molecule has 0 heterocycles. The molecule has 0 N–H and O–H groups in total. The van der Waals surface area contributed by atoms with Crippen molar-refractivity contribution < 1.29 is 4.74 Å².